The highest BCUT2D eigenvalue weighted by Crippen LogP contribution is 2.31. The summed E-state index contributed by atoms with van der Waals surface area (Å²) in [6.45, 7) is 2.39. The lowest BCUT2D eigenvalue weighted by Crippen LogP contribution is -2.30. The van der Waals surface area contributed by atoms with Gasteiger partial charge in [-0.05, 0) is 35.4 Å². The minimum atomic E-state index is -0.490. The Bertz CT molecular complexity index is 1300. The van der Waals surface area contributed by atoms with Gasteiger partial charge in [0.25, 0.3) is 5.24 Å². The standard InChI is InChI=1S/C24H20N2O4S2/c1-14-18(25-22(30-14)21-7-4-12-31-21)10-11-29-20-9-8-15(16-5-2-3-6-17(16)20)13-19-23(27)32-24(28)26-19/h2-9,12,19H,10-11,13H2,1H3,(H,26,28). The fourth-order valence-electron chi connectivity index (χ4n) is 3.81. The quantitative estimate of drug-likeness (QED) is 0.395. The lowest BCUT2D eigenvalue weighted by molar-refractivity contribution is -0.112. The summed E-state index contributed by atoms with van der Waals surface area (Å²) in [6.07, 6.45) is 1.10. The number of nitrogens with one attached hydrogen (secondary N) is 1. The molecule has 1 fully saturated rings. The molecule has 32 heavy (non-hydrogen) atoms. The topological polar surface area (TPSA) is 81.4 Å². The first kappa shape index (κ1) is 20.8. The molecule has 0 saturated carbocycles. The maximum absolute atomic E-state index is 12.0. The molecule has 1 amide bonds. The molecule has 2 aromatic heterocycles. The fraction of sp³-hybridized carbons (Fsp3) is 0.208. The fourth-order valence-corrected chi connectivity index (χ4v) is 5.13. The molecule has 162 valence electrons. The van der Waals surface area contributed by atoms with Crippen molar-refractivity contribution in [3.05, 3.63) is 70.9 Å². The van der Waals surface area contributed by atoms with E-state index < -0.39 is 6.04 Å². The molecule has 0 bridgehead atoms. The highest BCUT2D eigenvalue weighted by molar-refractivity contribution is 8.26. The summed E-state index contributed by atoms with van der Waals surface area (Å²) in [5.41, 5.74) is 1.89. The molecule has 1 saturated heterocycles. The first-order valence-corrected chi connectivity index (χ1v) is 11.9. The molecule has 0 spiro atoms. The predicted molar refractivity (Wildman–Crippen MR) is 126 cm³/mol. The van der Waals surface area contributed by atoms with Gasteiger partial charge >= 0.3 is 0 Å². The van der Waals surface area contributed by atoms with Crippen LogP contribution in [0.5, 0.6) is 5.75 Å². The van der Waals surface area contributed by atoms with Crippen LogP contribution in [0.25, 0.3) is 21.5 Å². The maximum Gasteiger partial charge on any atom is 0.287 e. The van der Waals surface area contributed by atoms with Gasteiger partial charge in [0, 0.05) is 30.0 Å². The van der Waals surface area contributed by atoms with Gasteiger partial charge < -0.3 is 14.5 Å². The molecule has 6 nitrogen and oxygen atoms in total. The molecule has 5 rings (SSSR count). The van der Waals surface area contributed by atoms with E-state index in [0.717, 1.165) is 50.2 Å². The van der Waals surface area contributed by atoms with Crippen molar-refractivity contribution in [2.75, 3.05) is 6.61 Å². The predicted octanol–water partition coefficient (Wildman–Crippen LogP) is 5.38. The third-order valence-electron chi connectivity index (χ3n) is 5.39. The zero-order valence-corrected chi connectivity index (χ0v) is 18.9. The van der Waals surface area contributed by atoms with Crippen molar-refractivity contribution in [2.24, 2.45) is 0 Å². The molecule has 1 aliphatic heterocycles. The zero-order valence-electron chi connectivity index (χ0n) is 17.3. The number of aromatic nitrogens is 1. The Morgan fingerprint density at radius 1 is 1.09 bits per heavy atom. The van der Waals surface area contributed by atoms with Crippen molar-refractivity contribution in [1.29, 1.82) is 0 Å². The van der Waals surface area contributed by atoms with Crippen LogP contribution in [0.4, 0.5) is 4.79 Å². The molecular weight excluding hydrogens is 444 g/mol. The zero-order chi connectivity index (χ0) is 22.1. The normalized spacial score (nSPS) is 16.0. The highest BCUT2D eigenvalue weighted by atomic mass is 32.2. The molecule has 0 radical (unpaired) electrons. The minimum Gasteiger partial charge on any atom is -0.493 e. The van der Waals surface area contributed by atoms with Gasteiger partial charge in [-0.15, -0.1) is 11.3 Å². The van der Waals surface area contributed by atoms with Gasteiger partial charge in [-0.1, -0.05) is 36.4 Å². The van der Waals surface area contributed by atoms with Gasteiger partial charge in [0.2, 0.25) is 11.0 Å². The summed E-state index contributed by atoms with van der Waals surface area (Å²) < 4.78 is 11.9. The second kappa shape index (κ2) is 8.80. The van der Waals surface area contributed by atoms with E-state index in [1.807, 2.05) is 60.8 Å². The number of fused-ring (bicyclic) bond motifs is 1. The Morgan fingerprint density at radius 2 is 1.94 bits per heavy atom. The number of hydrogen-bond donors (Lipinski definition) is 1. The first-order valence-electron chi connectivity index (χ1n) is 10.2. The van der Waals surface area contributed by atoms with Crippen LogP contribution in [0.3, 0.4) is 0 Å². The number of oxazole rings is 1. The van der Waals surface area contributed by atoms with Gasteiger partial charge in [0.15, 0.2) is 0 Å². The molecule has 1 aliphatic rings. The van der Waals surface area contributed by atoms with Crippen molar-refractivity contribution < 1.29 is 18.7 Å². The van der Waals surface area contributed by atoms with Gasteiger partial charge in [0.1, 0.15) is 17.6 Å². The summed E-state index contributed by atoms with van der Waals surface area (Å²) in [4.78, 5) is 29.2. The third-order valence-corrected chi connectivity index (χ3v) is 7.04. The van der Waals surface area contributed by atoms with E-state index in [2.05, 4.69) is 10.3 Å². The van der Waals surface area contributed by atoms with Crippen LogP contribution in [0, 0.1) is 6.92 Å². The van der Waals surface area contributed by atoms with Crippen LogP contribution < -0.4 is 10.1 Å². The maximum atomic E-state index is 12.0. The van der Waals surface area contributed by atoms with E-state index in [1.165, 1.54) is 0 Å². The van der Waals surface area contributed by atoms with E-state index in [9.17, 15) is 9.59 Å². The number of rotatable bonds is 7. The summed E-state index contributed by atoms with van der Waals surface area (Å²) >= 11 is 2.34. The number of nitrogens with zero attached hydrogens (tertiary/aromatic N) is 1. The average Bonchev–Trinajstić information content (AvgIpc) is 3.51. The monoisotopic (exact) mass is 464 g/mol. The molecule has 0 aliphatic carbocycles. The van der Waals surface area contributed by atoms with Crippen LogP contribution in [-0.4, -0.2) is 28.0 Å². The van der Waals surface area contributed by atoms with Crippen LogP contribution in [0.15, 0.2) is 58.3 Å². The number of ether oxygens (including phenoxy) is 1. The number of carbonyl (C=O) groups excluding carboxylic acids is 2. The number of benzene rings is 2. The van der Waals surface area contributed by atoms with Gasteiger partial charge in [-0.25, -0.2) is 4.98 Å². The van der Waals surface area contributed by atoms with E-state index in [0.29, 0.717) is 25.3 Å². The van der Waals surface area contributed by atoms with E-state index in [-0.39, 0.29) is 10.4 Å². The molecule has 2 aromatic carbocycles. The lowest BCUT2D eigenvalue weighted by Gasteiger charge is -2.14. The highest BCUT2D eigenvalue weighted by Gasteiger charge is 2.31. The Labute approximate surface area is 193 Å². The average molecular weight is 465 g/mol. The van der Waals surface area contributed by atoms with Gasteiger partial charge in [-0.2, -0.15) is 0 Å². The molecule has 1 unspecified atom stereocenters. The Kier molecular flexibility index (Phi) is 5.71. The minimum absolute atomic E-state index is 0.135. The summed E-state index contributed by atoms with van der Waals surface area (Å²) in [5.74, 6) is 2.23. The Balaban J connectivity index is 1.31. The Hall–Kier alpha value is -3.10. The van der Waals surface area contributed by atoms with Crippen LogP contribution in [0.2, 0.25) is 0 Å². The molecule has 3 heterocycles. The summed E-state index contributed by atoms with van der Waals surface area (Å²) in [5, 5.41) is 6.31. The third kappa shape index (κ3) is 4.16. The molecule has 8 heteroatoms. The van der Waals surface area contributed by atoms with Crippen molar-refractivity contribution in [3.8, 4) is 16.5 Å². The molecular formula is C24H20N2O4S2. The molecule has 1 N–H and O–H groups in total. The van der Waals surface area contributed by atoms with Crippen molar-refractivity contribution >= 4 is 44.2 Å². The largest absolute Gasteiger partial charge is 0.493 e. The lowest BCUT2D eigenvalue weighted by atomic mass is 9.98. The van der Waals surface area contributed by atoms with Crippen LogP contribution in [0.1, 0.15) is 17.0 Å². The van der Waals surface area contributed by atoms with Crippen molar-refractivity contribution in [1.82, 2.24) is 10.3 Å². The first-order chi connectivity index (χ1) is 15.6. The molecule has 4 aromatic rings. The van der Waals surface area contributed by atoms with Crippen LogP contribution >= 0.6 is 23.1 Å². The number of thiophene rings is 1. The summed E-state index contributed by atoms with van der Waals surface area (Å²) in [6, 6.07) is 15.3. The van der Waals surface area contributed by atoms with Crippen molar-refractivity contribution in [3.63, 3.8) is 0 Å². The van der Waals surface area contributed by atoms with Crippen molar-refractivity contribution in [2.45, 2.75) is 25.8 Å². The van der Waals surface area contributed by atoms with E-state index >= 15 is 0 Å². The number of hydrogen-bond acceptors (Lipinski definition) is 7. The number of amides is 1. The Morgan fingerprint density at radius 3 is 2.69 bits per heavy atom. The number of aryl methyl sites for hydroxylation is 1. The van der Waals surface area contributed by atoms with Gasteiger partial charge in [-0.3, -0.25) is 9.59 Å². The number of carbonyl (C=O) groups is 2. The second-order valence-electron chi connectivity index (χ2n) is 7.48. The van der Waals surface area contributed by atoms with E-state index in [4.69, 9.17) is 9.15 Å². The molecule has 1 atom stereocenters. The van der Waals surface area contributed by atoms with E-state index in [1.54, 1.807) is 11.3 Å². The smallest absolute Gasteiger partial charge is 0.287 e. The SMILES string of the molecule is Cc1oc(-c2cccs2)nc1CCOc1ccc(CC2NC(=O)SC2=O)c2ccccc12. The van der Waals surface area contributed by atoms with Crippen LogP contribution in [-0.2, 0) is 17.6 Å². The number of thioether (sulfide) groups is 1. The van der Waals surface area contributed by atoms with Gasteiger partial charge in [0.05, 0.1) is 17.2 Å². The summed E-state index contributed by atoms with van der Waals surface area (Å²) in [7, 11) is 0. The second-order valence-corrected chi connectivity index (χ2v) is 9.40.